The van der Waals surface area contributed by atoms with E-state index >= 15 is 0 Å². The van der Waals surface area contributed by atoms with Crippen LogP contribution in [0.5, 0.6) is 5.75 Å². The average Bonchev–Trinajstić information content (AvgIpc) is 3.61. The van der Waals surface area contributed by atoms with Crippen LogP contribution in [0.2, 0.25) is 5.02 Å². The zero-order valence-corrected chi connectivity index (χ0v) is 19.6. The van der Waals surface area contributed by atoms with Crippen LogP contribution in [0.15, 0.2) is 48.5 Å². The fourth-order valence-electron chi connectivity index (χ4n) is 4.07. The monoisotopic (exact) mass is 460 g/mol. The molecule has 2 aromatic heterocycles. The van der Waals surface area contributed by atoms with Gasteiger partial charge in [0.2, 0.25) is 0 Å². The Balaban J connectivity index is 1.60. The van der Waals surface area contributed by atoms with Crippen molar-refractivity contribution in [2.75, 3.05) is 11.9 Å². The summed E-state index contributed by atoms with van der Waals surface area (Å²) < 4.78 is 7.31. The molecule has 0 radical (unpaired) electrons. The first-order valence-electron chi connectivity index (χ1n) is 11.2. The summed E-state index contributed by atoms with van der Waals surface area (Å²) >= 11 is 6.38. The van der Waals surface area contributed by atoms with E-state index in [1.54, 1.807) is 0 Å². The standard InChI is InChI=1S/C26H25ClN4O2/c1-4-33-19-12-10-18(11-13-19)28-26(32)20-14-22(17-8-9-17)29-25-24(20)16(3)30-31(25)23-7-5-6-21(27)15(23)2/h5-7,10-14,17H,4,8-9H2,1-3H3,(H,28,32). The zero-order valence-electron chi connectivity index (χ0n) is 18.9. The Bertz CT molecular complexity index is 1360. The van der Waals surface area contributed by atoms with Gasteiger partial charge in [-0.25, -0.2) is 9.67 Å². The number of benzene rings is 2. The van der Waals surface area contributed by atoms with E-state index in [-0.39, 0.29) is 5.91 Å². The Kier molecular flexibility index (Phi) is 5.54. The second-order valence-electron chi connectivity index (χ2n) is 8.36. The van der Waals surface area contributed by atoms with Crippen LogP contribution >= 0.6 is 11.6 Å². The van der Waals surface area contributed by atoms with E-state index in [1.807, 2.05) is 74.0 Å². The molecule has 1 aliphatic carbocycles. The fraction of sp³-hybridized carbons (Fsp3) is 0.269. The molecule has 4 aromatic rings. The maximum atomic E-state index is 13.4. The first kappa shape index (κ1) is 21.5. The minimum absolute atomic E-state index is 0.182. The fourth-order valence-corrected chi connectivity index (χ4v) is 4.24. The van der Waals surface area contributed by atoms with Crippen molar-refractivity contribution in [3.05, 3.63) is 76.1 Å². The van der Waals surface area contributed by atoms with Crippen LogP contribution in [0.4, 0.5) is 5.69 Å². The first-order valence-corrected chi connectivity index (χ1v) is 11.5. The van der Waals surface area contributed by atoms with Gasteiger partial charge in [0.05, 0.1) is 28.9 Å². The van der Waals surface area contributed by atoms with Crippen molar-refractivity contribution >= 4 is 34.2 Å². The van der Waals surface area contributed by atoms with Crippen molar-refractivity contribution in [3.63, 3.8) is 0 Å². The number of anilines is 1. The minimum atomic E-state index is -0.182. The van der Waals surface area contributed by atoms with Crippen LogP contribution in [0.25, 0.3) is 16.7 Å². The number of rotatable bonds is 6. The number of hydrogen-bond acceptors (Lipinski definition) is 4. The lowest BCUT2D eigenvalue weighted by Crippen LogP contribution is -2.14. The Labute approximate surface area is 197 Å². The van der Waals surface area contributed by atoms with Gasteiger partial charge in [0.25, 0.3) is 5.91 Å². The van der Waals surface area contributed by atoms with E-state index in [9.17, 15) is 4.79 Å². The summed E-state index contributed by atoms with van der Waals surface area (Å²) in [6.07, 6.45) is 2.17. The number of aryl methyl sites for hydroxylation is 1. The molecule has 7 heteroatoms. The van der Waals surface area contributed by atoms with E-state index in [1.165, 1.54) is 0 Å². The molecule has 2 aromatic carbocycles. The highest BCUT2D eigenvalue weighted by molar-refractivity contribution is 6.31. The molecule has 0 aliphatic heterocycles. The van der Waals surface area contributed by atoms with Crippen LogP contribution in [0.3, 0.4) is 0 Å². The van der Waals surface area contributed by atoms with Crippen molar-refractivity contribution in [2.45, 2.75) is 39.5 Å². The summed E-state index contributed by atoms with van der Waals surface area (Å²) in [4.78, 5) is 18.4. The van der Waals surface area contributed by atoms with Crippen LogP contribution < -0.4 is 10.1 Å². The highest BCUT2D eigenvalue weighted by Crippen LogP contribution is 2.41. The SMILES string of the molecule is CCOc1ccc(NC(=O)c2cc(C3CC3)nc3c2c(C)nn3-c2cccc(Cl)c2C)cc1. The van der Waals surface area contributed by atoms with Gasteiger partial charge in [-0.2, -0.15) is 5.10 Å². The second-order valence-corrected chi connectivity index (χ2v) is 8.77. The van der Waals surface area contributed by atoms with Gasteiger partial charge in [-0.15, -0.1) is 0 Å². The third-order valence-corrected chi connectivity index (χ3v) is 6.37. The summed E-state index contributed by atoms with van der Waals surface area (Å²) in [5.41, 5.74) is 5.42. The van der Waals surface area contributed by atoms with Gasteiger partial charge in [0, 0.05) is 22.3 Å². The maximum Gasteiger partial charge on any atom is 0.256 e. The van der Waals surface area contributed by atoms with Gasteiger partial charge in [-0.3, -0.25) is 4.79 Å². The van der Waals surface area contributed by atoms with Crippen molar-refractivity contribution in [1.29, 1.82) is 0 Å². The smallest absolute Gasteiger partial charge is 0.256 e. The molecule has 0 unspecified atom stereocenters. The Morgan fingerprint density at radius 2 is 1.94 bits per heavy atom. The normalized spacial score (nSPS) is 13.3. The molecule has 0 bridgehead atoms. The number of ether oxygens (including phenoxy) is 1. The van der Waals surface area contributed by atoms with E-state index in [2.05, 4.69) is 5.32 Å². The highest BCUT2D eigenvalue weighted by Gasteiger charge is 2.29. The first-order chi connectivity index (χ1) is 16.0. The molecule has 1 N–H and O–H groups in total. The number of halogens is 1. The van der Waals surface area contributed by atoms with Crippen molar-refractivity contribution < 1.29 is 9.53 Å². The van der Waals surface area contributed by atoms with E-state index in [0.717, 1.165) is 46.6 Å². The number of carbonyl (C=O) groups is 1. The lowest BCUT2D eigenvalue weighted by atomic mass is 10.1. The largest absolute Gasteiger partial charge is 0.494 e. The highest BCUT2D eigenvalue weighted by atomic mass is 35.5. The number of fused-ring (bicyclic) bond motifs is 1. The van der Waals surface area contributed by atoms with E-state index < -0.39 is 0 Å². The third-order valence-electron chi connectivity index (χ3n) is 5.96. The molecule has 1 aliphatic rings. The predicted molar refractivity (Wildman–Crippen MR) is 131 cm³/mol. The molecule has 1 fully saturated rings. The van der Waals surface area contributed by atoms with Crippen molar-refractivity contribution in [3.8, 4) is 11.4 Å². The molecule has 33 heavy (non-hydrogen) atoms. The molecule has 5 rings (SSSR count). The van der Waals surface area contributed by atoms with Crippen LogP contribution in [0, 0.1) is 13.8 Å². The molecule has 168 valence electrons. The quantitative estimate of drug-likeness (QED) is 0.371. The number of amides is 1. The Morgan fingerprint density at radius 3 is 2.64 bits per heavy atom. The number of nitrogens with zero attached hydrogens (tertiary/aromatic N) is 3. The van der Waals surface area contributed by atoms with Gasteiger partial charge < -0.3 is 10.1 Å². The van der Waals surface area contributed by atoms with E-state index in [0.29, 0.717) is 34.4 Å². The summed E-state index contributed by atoms with van der Waals surface area (Å²) in [6.45, 7) is 6.41. The molecule has 0 atom stereocenters. The van der Waals surface area contributed by atoms with Gasteiger partial charge >= 0.3 is 0 Å². The summed E-state index contributed by atoms with van der Waals surface area (Å²) in [7, 11) is 0. The number of pyridine rings is 1. The molecule has 1 saturated carbocycles. The molecular weight excluding hydrogens is 436 g/mol. The van der Waals surface area contributed by atoms with Crippen molar-refractivity contribution in [2.24, 2.45) is 0 Å². The number of aromatic nitrogens is 3. The second kappa shape index (κ2) is 8.52. The molecule has 1 amide bonds. The molecular formula is C26H25ClN4O2. The lowest BCUT2D eigenvalue weighted by molar-refractivity contribution is 0.102. The lowest BCUT2D eigenvalue weighted by Gasteiger charge is -2.11. The van der Waals surface area contributed by atoms with Gasteiger partial charge in [-0.05, 0) is 81.6 Å². The topological polar surface area (TPSA) is 69.0 Å². The average molecular weight is 461 g/mol. The number of hydrogen-bond donors (Lipinski definition) is 1. The third kappa shape index (κ3) is 4.07. The molecule has 2 heterocycles. The summed E-state index contributed by atoms with van der Waals surface area (Å²) in [6, 6.07) is 15.0. The van der Waals surface area contributed by atoms with Crippen LogP contribution in [0.1, 0.15) is 53.0 Å². The summed E-state index contributed by atoms with van der Waals surface area (Å²) in [5.74, 6) is 0.973. The number of nitrogens with one attached hydrogen (secondary N) is 1. The Hall–Kier alpha value is -3.38. The van der Waals surface area contributed by atoms with E-state index in [4.69, 9.17) is 26.4 Å². The van der Waals surface area contributed by atoms with Gasteiger partial charge in [-0.1, -0.05) is 17.7 Å². The Morgan fingerprint density at radius 1 is 1.18 bits per heavy atom. The zero-order chi connectivity index (χ0) is 23.1. The molecule has 0 saturated heterocycles. The van der Waals surface area contributed by atoms with Crippen LogP contribution in [-0.4, -0.2) is 27.3 Å². The summed E-state index contributed by atoms with van der Waals surface area (Å²) in [5, 5.41) is 9.21. The maximum absolute atomic E-state index is 13.4. The minimum Gasteiger partial charge on any atom is -0.494 e. The van der Waals surface area contributed by atoms with Gasteiger partial charge in [0.15, 0.2) is 5.65 Å². The number of carbonyl (C=O) groups excluding carboxylic acids is 1. The van der Waals surface area contributed by atoms with Gasteiger partial charge in [0.1, 0.15) is 5.75 Å². The van der Waals surface area contributed by atoms with Crippen molar-refractivity contribution in [1.82, 2.24) is 14.8 Å². The molecule has 6 nitrogen and oxygen atoms in total. The molecule has 0 spiro atoms. The van der Waals surface area contributed by atoms with Crippen LogP contribution in [-0.2, 0) is 0 Å². The predicted octanol–water partition coefficient (Wildman–Crippen LogP) is 6.22.